The number of carboxylic acids is 1. The zero-order valence-corrected chi connectivity index (χ0v) is 12.3. The lowest BCUT2D eigenvalue weighted by Gasteiger charge is -2.32. The Morgan fingerprint density at radius 1 is 1.50 bits per heavy atom. The Labute approximate surface area is 122 Å². The van der Waals surface area contributed by atoms with E-state index in [2.05, 4.69) is 0 Å². The van der Waals surface area contributed by atoms with Gasteiger partial charge in [-0.25, -0.2) is 13.2 Å². The summed E-state index contributed by atoms with van der Waals surface area (Å²) in [4.78, 5) is 10.9. The van der Waals surface area contributed by atoms with Crippen LogP contribution in [0.3, 0.4) is 0 Å². The van der Waals surface area contributed by atoms with Gasteiger partial charge in [-0.1, -0.05) is 11.6 Å². The molecular weight excluding hydrogens is 306 g/mol. The van der Waals surface area contributed by atoms with E-state index in [9.17, 15) is 13.2 Å². The molecule has 2 rings (SSSR count). The van der Waals surface area contributed by atoms with Crippen molar-refractivity contribution < 1.29 is 23.1 Å². The molecule has 0 radical (unpaired) electrons. The van der Waals surface area contributed by atoms with Crippen molar-refractivity contribution in [3.8, 4) is 0 Å². The fourth-order valence-electron chi connectivity index (χ4n) is 2.02. The van der Waals surface area contributed by atoms with Crippen LogP contribution in [0.2, 0.25) is 5.02 Å². The van der Waals surface area contributed by atoms with E-state index < -0.39 is 22.2 Å². The Bertz CT molecular complexity index is 631. The van der Waals surface area contributed by atoms with Gasteiger partial charge in [-0.15, -0.1) is 0 Å². The fourth-order valence-corrected chi connectivity index (χ4v) is 3.82. The Morgan fingerprint density at radius 2 is 2.20 bits per heavy atom. The highest BCUT2D eigenvalue weighted by Gasteiger charge is 2.32. The normalized spacial score (nSPS) is 20.8. The molecule has 1 N–H and O–H groups in total. The second-order valence-electron chi connectivity index (χ2n) is 4.39. The molecule has 8 heteroatoms. The molecule has 0 saturated carbocycles. The average molecular weight is 320 g/mol. The minimum atomic E-state index is -3.80. The molecule has 1 aromatic rings. The van der Waals surface area contributed by atoms with Crippen LogP contribution < -0.4 is 0 Å². The van der Waals surface area contributed by atoms with Gasteiger partial charge in [0.1, 0.15) is 6.23 Å². The van der Waals surface area contributed by atoms with E-state index in [1.54, 1.807) is 6.92 Å². The predicted molar refractivity (Wildman–Crippen MR) is 72.3 cm³/mol. The van der Waals surface area contributed by atoms with Crippen LogP contribution in [0, 0.1) is 0 Å². The van der Waals surface area contributed by atoms with Gasteiger partial charge in [0.15, 0.2) is 0 Å². The van der Waals surface area contributed by atoms with E-state index in [0.29, 0.717) is 19.6 Å². The minimum Gasteiger partial charge on any atom is -0.478 e. The molecule has 1 unspecified atom stereocenters. The lowest BCUT2D eigenvalue weighted by molar-refractivity contribution is -0.0410. The van der Waals surface area contributed by atoms with Crippen LogP contribution in [-0.2, 0) is 14.8 Å². The maximum Gasteiger partial charge on any atom is 0.337 e. The first-order chi connectivity index (χ1) is 9.34. The average Bonchev–Trinajstić information content (AvgIpc) is 2.38. The number of aromatic carboxylic acids is 1. The van der Waals surface area contributed by atoms with Crippen LogP contribution in [0.4, 0.5) is 0 Å². The Hall–Kier alpha value is -1.15. The van der Waals surface area contributed by atoms with Crippen LogP contribution in [0.1, 0.15) is 23.7 Å². The highest BCUT2D eigenvalue weighted by molar-refractivity contribution is 7.89. The van der Waals surface area contributed by atoms with Crippen molar-refractivity contribution in [2.45, 2.75) is 24.5 Å². The zero-order chi connectivity index (χ0) is 14.9. The van der Waals surface area contributed by atoms with Crippen molar-refractivity contribution in [2.75, 3.05) is 13.2 Å². The first-order valence-corrected chi connectivity index (χ1v) is 7.82. The molecule has 0 amide bonds. The first-order valence-electron chi connectivity index (χ1n) is 6.00. The standard InChI is InChI=1S/C12H14ClNO5S/c1-8-14(5-2-6-19-8)20(17,18)9-3-4-11(13)10(7-9)12(15)16/h3-4,7-8H,2,5-6H2,1H3,(H,15,16). The monoisotopic (exact) mass is 319 g/mol. The van der Waals surface area contributed by atoms with Crippen molar-refractivity contribution in [3.63, 3.8) is 0 Å². The zero-order valence-electron chi connectivity index (χ0n) is 10.7. The van der Waals surface area contributed by atoms with Gasteiger partial charge in [-0.05, 0) is 31.5 Å². The second-order valence-corrected chi connectivity index (χ2v) is 6.68. The maximum absolute atomic E-state index is 12.5. The van der Waals surface area contributed by atoms with Crippen molar-refractivity contribution in [1.29, 1.82) is 0 Å². The third kappa shape index (κ3) is 2.80. The van der Waals surface area contributed by atoms with Crippen LogP contribution in [0.5, 0.6) is 0 Å². The van der Waals surface area contributed by atoms with Crippen molar-refractivity contribution in [3.05, 3.63) is 28.8 Å². The molecule has 20 heavy (non-hydrogen) atoms. The number of carboxylic acid groups (broad SMARTS) is 1. The van der Waals surface area contributed by atoms with E-state index in [1.165, 1.54) is 16.4 Å². The molecule has 0 bridgehead atoms. The molecule has 1 aliphatic rings. The molecule has 1 heterocycles. The number of nitrogens with zero attached hydrogens (tertiary/aromatic N) is 1. The van der Waals surface area contributed by atoms with E-state index in [-0.39, 0.29) is 15.5 Å². The number of rotatable bonds is 3. The van der Waals surface area contributed by atoms with Gasteiger partial charge >= 0.3 is 5.97 Å². The van der Waals surface area contributed by atoms with Crippen LogP contribution in [0.15, 0.2) is 23.1 Å². The SMILES string of the molecule is CC1OCCCN1S(=O)(=O)c1ccc(Cl)c(C(=O)O)c1. The molecule has 1 aromatic carbocycles. The number of carbonyl (C=O) groups is 1. The van der Waals surface area contributed by atoms with Crippen LogP contribution in [0.25, 0.3) is 0 Å². The molecule has 0 aliphatic carbocycles. The van der Waals surface area contributed by atoms with Gasteiger partial charge in [0.05, 0.1) is 15.5 Å². The number of benzene rings is 1. The molecule has 6 nitrogen and oxygen atoms in total. The van der Waals surface area contributed by atoms with Crippen LogP contribution >= 0.6 is 11.6 Å². The second kappa shape index (κ2) is 5.69. The summed E-state index contributed by atoms with van der Waals surface area (Å²) in [7, 11) is -3.80. The van der Waals surface area contributed by atoms with E-state index in [4.69, 9.17) is 21.4 Å². The third-order valence-electron chi connectivity index (χ3n) is 3.06. The molecule has 1 saturated heterocycles. The Kier molecular flexibility index (Phi) is 4.33. The van der Waals surface area contributed by atoms with Crippen molar-refractivity contribution >= 4 is 27.6 Å². The molecule has 1 fully saturated rings. The summed E-state index contributed by atoms with van der Waals surface area (Å²) in [5.41, 5.74) is -0.238. The molecule has 1 aliphatic heterocycles. The highest BCUT2D eigenvalue weighted by Crippen LogP contribution is 2.25. The van der Waals surface area contributed by atoms with E-state index >= 15 is 0 Å². The molecule has 0 aromatic heterocycles. The summed E-state index contributed by atoms with van der Waals surface area (Å²) in [6.45, 7) is 2.49. The minimum absolute atomic E-state index is 0.000562. The largest absolute Gasteiger partial charge is 0.478 e. The van der Waals surface area contributed by atoms with E-state index in [0.717, 1.165) is 6.07 Å². The summed E-state index contributed by atoms with van der Waals surface area (Å²) in [6, 6.07) is 3.64. The summed E-state index contributed by atoms with van der Waals surface area (Å²) in [6.07, 6.45) is 0.0286. The maximum atomic E-state index is 12.5. The third-order valence-corrected chi connectivity index (χ3v) is 5.34. The number of hydrogen-bond donors (Lipinski definition) is 1. The van der Waals surface area contributed by atoms with Gasteiger partial charge in [0, 0.05) is 13.2 Å². The van der Waals surface area contributed by atoms with Gasteiger partial charge in [-0.3, -0.25) is 0 Å². The molecule has 1 atom stereocenters. The topological polar surface area (TPSA) is 83.9 Å². The summed E-state index contributed by atoms with van der Waals surface area (Å²) >= 11 is 5.74. The first kappa shape index (κ1) is 15.2. The lowest BCUT2D eigenvalue weighted by atomic mass is 10.2. The van der Waals surface area contributed by atoms with Crippen LogP contribution in [-0.4, -0.2) is 43.2 Å². The number of ether oxygens (including phenoxy) is 1. The lowest BCUT2D eigenvalue weighted by Crippen LogP contribution is -2.44. The Balaban J connectivity index is 2.44. The predicted octanol–water partition coefficient (Wildman–Crippen LogP) is 1.80. The number of hydrogen-bond acceptors (Lipinski definition) is 4. The van der Waals surface area contributed by atoms with E-state index in [1.807, 2.05) is 0 Å². The van der Waals surface area contributed by atoms with Gasteiger partial charge in [-0.2, -0.15) is 4.31 Å². The van der Waals surface area contributed by atoms with Gasteiger partial charge in [0.25, 0.3) is 0 Å². The summed E-state index contributed by atoms with van der Waals surface area (Å²) < 4.78 is 31.5. The quantitative estimate of drug-likeness (QED) is 0.918. The van der Waals surface area contributed by atoms with Gasteiger partial charge in [0.2, 0.25) is 10.0 Å². The fraction of sp³-hybridized carbons (Fsp3) is 0.417. The van der Waals surface area contributed by atoms with Crippen molar-refractivity contribution in [2.24, 2.45) is 0 Å². The molecule has 110 valence electrons. The van der Waals surface area contributed by atoms with Gasteiger partial charge < -0.3 is 9.84 Å². The summed E-state index contributed by atoms with van der Waals surface area (Å²) in [5.74, 6) is -1.27. The smallest absolute Gasteiger partial charge is 0.337 e. The molecular formula is C12H14ClNO5S. The summed E-state index contributed by atoms with van der Waals surface area (Å²) in [5, 5.41) is 9.00. The van der Waals surface area contributed by atoms with Crippen molar-refractivity contribution in [1.82, 2.24) is 4.31 Å². The number of halogens is 1. The number of sulfonamides is 1. The molecule has 0 spiro atoms. The highest BCUT2D eigenvalue weighted by atomic mass is 35.5. The Morgan fingerprint density at radius 3 is 2.80 bits per heavy atom.